The van der Waals surface area contributed by atoms with Crippen molar-refractivity contribution in [1.82, 2.24) is 9.97 Å². The maximum Gasteiger partial charge on any atom is 0.311 e. The summed E-state index contributed by atoms with van der Waals surface area (Å²) in [5, 5.41) is 9.37. The highest BCUT2D eigenvalue weighted by molar-refractivity contribution is 7.20. The van der Waals surface area contributed by atoms with E-state index in [-0.39, 0.29) is 18.3 Å². The third-order valence-corrected chi connectivity index (χ3v) is 5.56. The number of amides is 1. The summed E-state index contributed by atoms with van der Waals surface area (Å²) in [6.07, 6.45) is 0.0967. The van der Waals surface area contributed by atoms with E-state index in [1.54, 1.807) is 29.0 Å². The first-order chi connectivity index (χ1) is 11.7. The van der Waals surface area contributed by atoms with Crippen molar-refractivity contribution < 1.29 is 14.3 Å². The molecule has 0 fully saturated rings. The quantitative estimate of drug-likeness (QED) is 0.661. The van der Waals surface area contributed by atoms with Gasteiger partial charge in [-0.05, 0) is 18.4 Å². The molecule has 0 spiro atoms. The van der Waals surface area contributed by atoms with Gasteiger partial charge in [-0.25, -0.2) is 9.97 Å². The number of hydrogen-bond acceptors (Lipinski definition) is 8. The summed E-state index contributed by atoms with van der Waals surface area (Å²) in [4.78, 5) is 33.3. The van der Waals surface area contributed by atoms with Gasteiger partial charge in [-0.1, -0.05) is 6.07 Å². The van der Waals surface area contributed by atoms with E-state index in [0.717, 1.165) is 9.88 Å². The van der Waals surface area contributed by atoms with Crippen molar-refractivity contribution in [3.05, 3.63) is 39.7 Å². The smallest absolute Gasteiger partial charge is 0.311 e. The number of nitrogens with one attached hydrogen (secondary N) is 1. The summed E-state index contributed by atoms with van der Waals surface area (Å²) in [6, 6.07) is 3.91. The predicted molar refractivity (Wildman–Crippen MR) is 95.8 cm³/mol. The van der Waals surface area contributed by atoms with Crippen molar-refractivity contribution in [2.45, 2.75) is 13.3 Å². The molecule has 0 radical (unpaired) electrons. The van der Waals surface area contributed by atoms with Gasteiger partial charge in [-0.3, -0.25) is 14.9 Å². The Morgan fingerprint density at radius 3 is 2.83 bits per heavy atom. The van der Waals surface area contributed by atoms with E-state index < -0.39 is 0 Å². The second kappa shape index (κ2) is 7.65. The molecular formula is C15H13N3O3S3. The van der Waals surface area contributed by atoms with Crippen molar-refractivity contribution in [2.75, 3.05) is 11.9 Å². The molecule has 1 N–H and O–H groups in total. The molecule has 0 aromatic carbocycles. The lowest BCUT2D eigenvalue weighted by molar-refractivity contribution is -0.142. The van der Waals surface area contributed by atoms with Gasteiger partial charge in [0.2, 0.25) is 0 Å². The summed E-state index contributed by atoms with van der Waals surface area (Å²) in [5.41, 5.74) is 0.928. The molecule has 124 valence electrons. The molecule has 3 rings (SSSR count). The molecule has 6 nitrogen and oxygen atoms in total. The van der Waals surface area contributed by atoms with Gasteiger partial charge in [0.1, 0.15) is 10.7 Å². The molecule has 0 unspecified atom stereocenters. The van der Waals surface area contributed by atoms with Gasteiger partial charge < -0.3 is 4.74 Å². The summed E-state index contributed by atoms with van der Waals surface area (Å²) >= 11 is 4.27. The Bertz CT molecular complexity index is 839. The first kappa shape index (κ1) is 16.7. The summed E-state index contributed by atoms with van der Waals surface area (Å²) in [5.74, 6) is -0.646. The number of carbonyl (C=O) groups excluding carboxylic acids is 2. The lowest BCUT2D eigenvalue weighted by Gasteiger charge is -1.99. The normalized spacial score (nSPS) is 10.5. The van der Waals surface area contributed by atoms with Crippen molar-refractivity contribution in [3.8, 4) is 9.88 Å². The number of anilines is 1. The van der Waals surface area contributed by atoms with Crippen LogP contribution in [0.1, 0.15) is 23.1 Å². The number of aromatic nitrogens is 2. The lowest BCUT2D eigenvalue weighted by atomic mass is 10.3. The molecule has 0 saturated carbocycles. The minimum atomic E-state index is -0.333. The molecule has 3 heterocycles. The van der Waals surface area contributed by atoms with Gasteiger partial charge in [-0.2, -0.15) is 0 Å². The topological polar surface area (TPSA) is 81.2 Å². The molecule has 3 aromatic heterocycles. The largest absolute Gasteiger partial charge is 0.466 e. The first-order valence-electron chi connectivity index (χ1n) is 7.06. The minimum absolute atomic E-state index is 0.0967. The van der Waals surface area contributed by atoms with E-state index in [4.69, 9.17) is 4.74 Å². The number of thiazole rings is 2. The molecule has 0 aliphatic carbocycles. The Morgan fingerprint density at radius 1 is 1.21 bits per heavy atom. The molecular weight excluding hydrogens is 366 g/mol. The van der Waals surface area contributed by atoms with Gasteiger partial charge in [0, 0.05) is 10.8 Å². The van der Waals surface area contributed by atoms with Crippen LogP contribution in [-0.2, 0) is 16.0 Å². The number of rotatable bonds is 6. The summed E-state index contributed by atoms with van der Waals surface area (Å²) < 4.78 is 4.87. The zero-order chi connectivity index (χ0) is 16.9. The highest BCUT2D eigenvalue weighted by atomic mass is 32.1. The third-order valence-electron chi connectivity index (χ3n) is 2.87. The van der Waals surface area contributed by atoms with Crippen LogP contribution < -0.4 is 5.32 Å². The molecule has 1 amide bonds. The fraction of sp³-hybridized carbons (Fsp3) is 0.200. The Morgan fingerprint density at radius 2 is 2.08 bits per heavy atom. The SMILES string of the molecule is CCOC(=O)Cc1csc(NC(=O)c2csc(-c3cccs3)n2)n1. The Labute approximate surface area is 150 Å². The van der Waals surface area contributed by atoms with Crippen LogP contribution in [0.15, 0.2) is 28.3 Å². The number of ether oxygens (including phenoxy) is 1. The molecule has 0 aliphatic heterocycles. The van der Waals surface area contributed by atoms with Gasteiger partial charge in [0.05, 0.1) is 23.6 Å². The molecule has 0 atom stereocenters. The van der Waals surface area contributed by atoms with Crippen LogP contribution >= 0.6 is 34.0 Å². The fourth-order valence-corrected chi connectivity index (χ4v) is 4.18. The average molecular weight is 379 g/mol. The van der Waals surface area contributed by atoms with Gasteiger partial charge in [0.25, 0.3) is 5.91 Å². The first-order valence-corrected chi connectivity index (χ1v) is 9.70. The molecule has 0 saturated heterocycles. The van der Waals surface area contributed by atoms with Crippen LogP contribution in [0.5, 0.6) is 0 Å². The number of thiophene rings is 1. The van der Waals surface area contributed by atoms with Gasteiger partial charge >= 0.3 is 5.97 Å². The van der Waals surface area contributed by atoms with E-state index in [2.05, 4.69) is 15.3 Å². The second-order valence-electron chi connectivity index (χ2n) is 4.60. The molecule has 0 bridgehead atoms. The maximum absolute atomic E-state index is 12.2. The Balaban J connectivity index is 1.63. The average Bonchev–Trinajstić information content (AvgIpc) is 3.28. The van der Waals surface area contributed by atoms with E-state index >= 15 is 0 Å². The zero-order valence-electron chi connectivity index (χ0n) is 12.6. The minimum Gasteiger partial charge on any atom is -0.466 e. The van der Waals surface area contributed by atoms with Crippen LogP contribution in [0.3, 0.4) is 0 Å². The van der Waals surface area contributed by atoms with Gasteiger partial charge in [-0.15, -0.1) is 34.0 Å². The van der Waals surface area contributed by atoms with E-state index in [1.165, 1.54) is 22.7 Å². The maximum atomic E-state index is 12.2. The third kappa shape index (κ3) is 4.05. The number of esters is 1. The van der Waals surface area contributed by atoms with Crippen LogP contribution in [-0.4, -0.2) is 28.5 Å². The molecule has 9 heteroatoms. The van der Waals surface area contributed by atoms with E-state index in [1.807, 2.05) is 17.5 Å². The molecule has 24 heavy (non-hydrogen) atoms. The fourth-order valence-electron chi connectivity index (χ4n) is 1.86. The van der Waals surface area contributed by atoms with Crippen molar-refractivity contribution in [2.24, 2.45) is 0 Å². The van der Waals surface area contributed by atoms with Crippen molar-refractivity contribution in [3.63, 3.8) is 0 Å². The van der Waals surface area contributed by atoms with Gasteiger partial charge in [0.15, 0.2) is 5.13 Å². The van der Waals surface area contributed by atoms with E-state index in [9.17, 15) is 9.59 Å². The monoisotopic (exact) mass is 379 g/mol. The summed E-state index contributed by atoms with van der Waals surface area (Å²) in [7, 11) is 0. The standard InChI is InChI=1S/C15H13N3O3S3/c1-2-21-12(19)6-9-7-24-15(16-9)18-13(20)10-8-23-14(17-10)11-4-3-5-22-11/h3-5,7-8H,2,6H2,1H3,(H,16,18,20). The predicted octanol–water partition coefficient (Wildman–Crippen LogP) is 3.69. The lowest BCUT2D eigenvalue weighted by Crippen LogP contribution is -2.12. The zero-order valence-corrected chi connectivity index (χ0v) is 15.1. The highest BCUT2D eigenvalue weighted by Crippen LogP contribution is 2.28. The van der Waals surface area contributed by atoms with Crippen LogP contribution in [0, 0.1) is 0 Å². The summed E-state index contributed by atoms with van der Waals surface area (Å²) in [6.45, 7) is 2.09. The van der Waals surface area contributed by atoms with Crippen LogP contribution in [0.4, 0.5) is 5.13 Å². The molecule has 3 aromatic rings. The Kier molecular flexibility index (Phi) is 5.34. The second-order valence-corrected chi connectivity index (χ2v) is 7.26. The number of nitrogens with zero attached hydrogens (tertiary/aromatic N) is 2. The van der Waals surface area contributed by atoms with Crippen LogP contribution in [0.25, 0.3) is 9.88 Å². The number of hydrogen-bond donors (Lipinski definition) is 1. The highest BCUT2D eigenvalue weighted by Gasteiger charge is 2.15. The van der Waals surface area contributed by atoms with Crippen LogP contribution in [0.2, 0.25) is 0 Å². The Hall–Kier alpha value is -2.10. The molecule has 0 aliphatic rings. The van der Waals surface area contributed by atoms with Crippen molar-refractivity contribution in [1.29, 1.82) is 0 Å². The number of carbonyl (C=O) groups is 2. The van der Waals surface area contributed by atoms with E-state index in [0.29, 0.717) is 23.1 Å². The van der Waals surface area contributed by atoms with Crippen molar-refractivity contribution >= 4 is 51.0 Å².